The third-order valence-corrected chi connectivity index (χ3v) is 19.1. The molecule has 93 heavy (non-hydrogen) atoms. The summed E-state index contributed by atoms with van der Waals surface area (Å²) in [5, 5.41) is 10.6. The van der Waals surface area contributed by atoms with Gasteiger partial charge in [0.25, 0.3) is 0 Å². The minimum Gasteiger partial charge on any atom is -0.462 e. The van der Waals surface area contributed by atoms with Gasteiger partial charge in [-0.1, -0.05) is 330 Å². The molecule has 0 aliphatic rings. The van der Waals surface area contributed by atoms with E-state index in [1.807, 2.05) is 0 Å². The first-order valence-corrected chi connectivity index (χ1v) is 41.5. The van der Waals surface area contributed by atoms with Crippen molar-refractivity contribution < 1.29 is 80.2 Å². The molecule has 19 heteroatoms. The molecule has 3 N–H and O–H groups in total. The Bertz CT molecular complexity index is 1800. The number of hydrogen-bond donors (Lipinski definition) is 3. The number of unbranched alkanes of at least 4 members (excludes halogenated alkanes) is 43. The van der Waals surface area contributed by atoms with Crippen molar-refractivity contribution in [3.8, 4) is 0 Å². The van der Waals surface area contributed by atoms with Gasteiger partial charge in [-0.25, -0.2) is 9.13 Å². The molecule has 0 radical (unpaired) electrons. The molecule has 0 aromatic heterocycles. The Balaban J connectivity index is 5.16. The van der Waals surface area contributed by atoms with E-state index in [0.29, 0.717) is 25.7 Å². The summed E-state index contributed by atoms with van der Waals surface area (Å²) in [6.45, 7) is 9.57. The SMILES string of the molecule is CCCCCCCCCCCCCC(=O)O[C@H](COC(=O)CCCCCCCCC)COP(=O)(O)OC[C@H](O)COP(=O)(O)OC[C@@H](COC(=O)CCCCCCCCCCCCCC(C)C)OC(=O)CCCCCCCCCCCCCCCCCCCCC(C)C. The summed E-state index contributed by atoms with van der Waals surface area (Å²) < 4.78 is 68.3. The van der Waals surface area contributed by atoms with Crippen LogP contribution < -0.4 is 0 Å². The molecule has 0 aliphatic heterocycles. The first-order chi connectivity index (χ1) is 44.9. The largest absolute Gasteiger partial charge is 0.472 e. The molecule has 0 bridgehead atoms. The lowest BCUT2D eigenvalue weighted by atomic mass is 10.0. The van der Waals surface area contributed by atoms with Gasteiger partial charge in [-0.05, 0) is 37.5 Å². The number of phosphoric acid groups is 2. The van der Waals surface area contributed by atoms with E-state index in [1.54, 1.807) is 0 Å². The number of phosphoric ester groups is 2. The summed E-state index contributed by atoms with van der Waals surface area (Å²) in [4.78, 5) is 72.5. The van der Waals surface area contributed by atoms with E-state index in [4.69, 9.17) is 37.0 Å². The summed E-state index contributed by atoms with van der Waals surface area (Å²) in [7, 11) is -9.90. The smallest absolute Gasteiger partial charge is 0.462 e. The average molecular weight is 1370 g/mol. The van der Waals surface area contributed by atoms with Crippen LogP contribution in [0.3, 0.4) is 0 Å². The maximum absolute atomic E-state index is 13.1. The molecular formula is C74H144O17P2. The molecule has 0 saturated carbocycles. The third-order valence-electron chi connectivity index (χ3n) is 17.2. The monoisotopic (exact) mass is 1370 g/mol. The molecule has 0 heterocycles. The maximum Gasteiger partial charge on any atom is 0.472 e. The van der Waals surface area contributed by atoms with Gasteiger partial charge in [0, 0.05) is 25.7 Å². The normalized spacial score (nSPS) is 14.1. The molecule has 5 atom stereocenters. The molecule has 17 nitrogen and oxygen atoms in total. The average Bonchev–Trinajstić information content (AvgIpc) is 1.60. The van der Waals surface area contributed by atoms with Crippen molar-refractivity contribution in [2.45, 2.75) is 400 Å². The van der Waals surface area contributed by atoms with E-state index in [1.165, 1.54) is 186 Å². The highest BCUT2D eigenvalue weighted by Crippen LogP contribution is 2.45. The Morgan fingerprint density at radius 3 is 0.731 bits per heavy atom. The maximum atomic E-state index is 13.1. The number of aliphatic hydroxyl groups is 1. The molecule has 0 saturated heterocycles. The van der Waals surface area contributed by atoms with Gasteiger partial charge in [0.1, 0.15) is 19.3 Å². The lowest BCUT2D eigenvalue weighted by molar-refractivity contribution is -0.161. The lowest BCUT2D eigenvalue weighted by Crippen LogP contribution is -2.30. The standard InChI is InChI=1S/C74H144O17P2/c1-7-9-11-13-15-16-26-34-40-46-52-58-73(78)90-69(62-84-71(76)56-50-44-36-14-12-10-8-2)64-88-92(80,81)86-60-68(75)61-87-93(82,83)89-65-70(63-85-72(77)57-51-45-39-33-30-25-28-32-38-43-49-55-67(5)6)91-74(79)59-53-47-41-35-29-24-22-20-18-17-19-21-23-27-31-37-42-48-54-66(3)4/h66-70,75H,7-65H2,1-6H3,(H,80,81)(H,82,83)/t68-,69+,70+/m0/s1. The third kappa shape index (κ3) is 68.4. The Morgan fingerprint density at radius 2 is 0.495 bits per heavy atom. The van der Waals surface area contributed by atoms with Crippen LogP contribution in [0, 0.1) is 11.8 Å². The highest BCUT2D eigenvalue weighted by Gasteiger charge is 2.30. The van der Waals surface area contributed by atoms with Gasteiger partial charge in [0.15, 0.2) is 12.2 Å². The van der Waals surface area contributed by atoms with Crippen molar-refractivity contribution in [1.29, 1.82) is 0 Å². The topological polar surface area (TPSA) is 237 Å². The van der Waals surface area contributed by atoms with Crippen LogP contribution in [0.5, 0.6) is 0 Å². The quantitative estimate of drug-likeness (QED) is 0.0222. The fourth-order valence-electron chi connectivity index (χ4n) is 11.3. The Kier molecular flexibility index (Phi) is 64.6. The van der Waals surface area contributed by atoms with Crippen LogP contribution in [0.2, 0.25) is 0 Å². The minimum absolute atomic E-state index is 0.107. The zero-order chi connectivity index (χ0) is 68.6. The first kappa shape index (κ1) is 91.1. The van der Waals surface area contributed by atoms with E-state index in [-0.39, 0.29) is 25.7 Å². The second-order valence-corrected chi connectivity index (χ2v) is 30.5. The van der Waals surface area contributed by atoms with Gasteiger partial charge in [0.2, 0.25) is 0 Å². The zero-order valence-corrected chi connectivity index (χ0v) is 62.3. The van der Waals surface area contributed by atoms with E-state index in [0.717, 1.165) is 115 Å². The number of carbonyl (C=O) groups is 4. The van der Waals surface area contributed by atoms with E-state index in [9.17, 15) is 43.2 Å². The number of hydrogen-bond acceptors (Lipinski definition) is 15. The van der Waals surface area contributed by atoms with E-state index < -0.39 is 97.5 Å². The predicted molar refractivity (Wildman–Crippen MR) is 377 cm³/mol. The minimum atomic E-state index is -4.95. The highest BCUT2D eigenvalue weighted by molar-refractivity contribution is 7.47. The van der Waals surface area contributed by atoms with Gasteiger partial charge < -0.3 is 33.8 Å². The molecule has 0 rings (SSSR count). The van der Waals surface area contributed by atoms with Crippen LogP contribution in [0.4, 0.5) is 0 Å². The molecule has 0 amide bonds. The van der Waals surface area contributed by atoms with Crippen molar-refractivity contribution in [3.63, 3.8) is 0 Å². The van der Waals surface area contributed by atoms with Crippen molar-refractivity contribution >= 4 is 39.5 Å². The second-order valence-electron chi connectivity index (χ2n) is 27.6. The van der Waals surface area contributed by atoms with Gasteiger partial charge in [-0.3, -0.25) is 37.3 Å². The Labute approximate surface area is 568 Å². The van der Waals surface area contributed by atoms with E-state index in [2.05, 4.69) is 41.5 Å². The van der Waals surface area contributed by atoms with Crippen molar-refractivity contribution in [2.75, 3.05) is 39.6 Å². The molecule has 552 valence electrons. The van der Waals surface area contributed by atoms with Crippen molar-refractivity contribution in [3.05, 3.63) is 0 Å². The van der Waals surface area contributed by atoms with Crippen LogP contribution in [0.1, 0.15) is 382 Å². The fraction of sp³-hybridized carbons (Fsp3) is 0.946. The fourth-order valence-corrected chi connectivity index (χ4v) is 12.9. The predicted octanol–water partition coefficient (Wildman–Crippen LogP) is 21.6. The van der Waals surface area contributed by atoms with Crippen LogP contribution in [-0.2, 0) is 65.4 Å². The number of aliphatic hydroxyl groups excluding tert-OH is 1. The second kappa shape index (κ2) is 66.0. The van der Waals surface area contributed by atoms with E-state index >= 15 is 0 Å². The number of rotatable bonds is 73. The summed E-state index contributed by atoms with van der Waals surface area (Å²) in [6.07, 6.45) is 52.9. The molecule has 0 fully saturated rings. The number of ether oxygens (including phenoxy) is 4. The molecule has 0 aromatic rings. The summed E-state index contributed by atoms with van der Waals surface area (Å²) >= 11 is 0. The van der Waals surface area contributed by atoms with Crippen LogP contribution >= 0.6 is 15.6 Å². The van der Waals surface area contributed by atoms with Crippen LogP contribution in [0.25, 0.3) is 0 Å². The Hall–Kier alpha value is -1.94. The molecule has 0 aliphatic carbocycles. The van der Waals surface area contributed by atoms with Crippen LogP contribution in [-0.4, -0.2) is 96.7 Å². The lowest BCUT2D eigenvalue weighted by Gasteiger charge is -2.21. The van der Waals surface area contributed by atoms with Gasteiger partial charge in [0.05, 0.1) is 26.4 Å². The molecular weight excluding hydrogens is 1220 g/mol. The number of carbonyl (C=O) groups excluding carboxylic acids is 4. The molecule has 2 unspecified atom stereocenters. The Morgan fingerprint density at radius 1 is 0.290 bits per heavy atom. The van der Waals surface area contributed by atoms with Gasteiger partial charge >= 0.3 is 39.5 Å². The zero-order valence-electron chi connectivity index (χ0n) is 60.6. The number of esters is 4. The molecule has 0 aromatic carbocycles. The molecule has 0 spiro atoms. The van der Waals surface area contributed by atoms with Crippen molar-refractivity contribution in [1.82, 2.24) is 0 Å². The van der Waals surface area contributed by atoms with Crippen molar-refractivity contribution in [2.24, 2.45) is 11.8 Å². The first-order valence-electron chi connectivity index (χ1n) is 38.5. The summed E-state index contributed by atoms with van der Waals surface area (Å²) in [5.74, 6) is -0.532. The summed E-state index contributed by atoms with van der Waals surface area (Å²) in [5.41, 5.74) is 0. The van der Waals surface area contributed by atoms with Crippen LogP contribution in [0.15, 0.2) is 0 Å². The highest BCUT2D eigenvalue weighted by atomic mass is 31.2. The van der Waals surface area contributed by atoms with Gasteiger partial charge in [-0.2, -0.15) is 0 Å². The summed E-state index contributed by atoms with van der Waals surface area (Å²) in [6, 6.07) is 0. The van der Waals surface area contributed by atoms with Gasteiger partial charge in [-0.15, -0.1) is 0 Å².